The van der Waals surface area contributed by atoms with Gasteiger partial charge in [0.25, 0.3) is 0 Å². The van der Waals surface area contributed by atoms with Crippen LogP contribution in [-0.2, 0) is 19.1 Å². The number of methoxy groups -OCH3 is 1. The number of alkyl carbamates (subject to hydrolysis) is 1. The molecule has 158 valence electrons. The third kappa shape index (κ3) is 18.8. The Hall–Kier alpha value is -1.79. The second-order valence-corrected chi connectivity index (χ2v) is 7.68. The van der Waals surface area contributed by atoms with Crippen molar-refractivity contribution in [2.45, 2.75) is 90.6 Å². The number of esters is 1. The van der Waals surface area contributed by atoms with E-state index in [2.05, 4.69) is 15.4 Å². The van der Waals surface area contributed by atoms with Crippen molar-refractivity contribution < 1.29 is 23.9 Å². The van der Waals surface area contributed by atoms with Crippen LogP contribution in [0.25, 0.3) is 0 Å². The van der Waals surface area contributed by atoms with Gasteiger partial charge in [-0.25, -0.2) is 4.79 Å². The molecule has 0 aliphatic carbocycles. The van der Waals surface area contributed by atoms with Gasteiger partial charge in [0, 0.05) is 25.9 Å². The molecule has 0 bridgehead atoms. The van der Waals surface area contributed by atoms with E-state index in [-0.39, 0.29) is 18.0 Å². The second-order valence-electron chi connectivity index (χ2n) is 7.68. The lowest BCUT2D eigenvalue weighted by molar-refractivity contribution is -0.140. The normalized spacial score (nSPS) is 11.0. The first-order valence-electron chi connectivity index (χ1n) is 10.0. The number of carbonyl (C=O) groups is 3. The van der Waals surface area contributed by atoms with Gasteiger partial charge in [0.15, 0.2) is 0 Å². The van der Waals surface area contributed by atoms with Crippen molar-refractivity contribution >= 4 is 18.0 Å². The maximum absolute atomic E-state index is 11.7. The Morgan fingerprint density at radius 2 is 1.26 bits per heavy atom. The average Bonchev–Trinajstić information content (AvgIpc) is 2.58. The molecule has 0 fully saturated rings. The van der Waals surface area contributed by atoms with Crippen LogP contribution in [0.5, 0.6) is 0 Å². The third-order valence-corrected chi connectivity index (χ3v) is 3.86. The molecule has 0 rings (SSSR count). The SMILES string of the molecule is COC(=O)CCCCCCC(=O)NCCCCCCNC(=O)OC(C)(C)C. The molecule has 0 saturated carbocycles. The van der Waals surface area contributed by atoms with Crippen molar-refractivity contribution in [2.24, 2.45) is 0 Å². The fraction of sp³-hybridized carbons (Fsp3) is 0.850. The van der Waals surface area contributed by atoms with E-state index < -0.39 is 5.60 Å². The van der Waals surface area contributed by atoms with Crippen molar-refractivity contribution in [1.29, 1.82) is 0 Å². The van der Waals surface area contributed by atoms with Crippen LogP contribution in [0.3, 0.4) is 0 Å². The molecule has 0 heterocycles. The largest absolute Gasteiger partial charge is 0.469 e. The van der Waals surface area contributed by atoms with Crippen molar-refractivity contribution in [3.05, 3.63) is 0 Å². The smallest absolute Gasteiger partial charge is 0.407 e. The van der Waals surface area contributed by atoms with E-state index in [0.29, 0.717) is 25.9 Å². The van der Waals surface area contributed by atoms with Crippen molar-refractivity contribution in [3.8, 4) is 0 Å². The Morgan fingerprint density at radius 1 is 0.741 bits per heavy atom. The van der Waals surface area contributed by atoms with E-state index in [1.54, 1.807) is 0 Å². The Labute approximate surface area is 163 Å². The highest BCUT2D eigenvalue weighted by Crippen LogP contribution is 2.07. The summed E-state index contributed by atoms with van der Waals surface area (Å²) in [5.74, 6) is -0.0806. The summed E-state index contributed by atoms with van der Waals surface area (Å²) in [5.41, 5.74) is -0.467. The number of ether oxygens (including phenoxy) is 2. The number of amides is 2. The lowest BCUT2D eigenvalue weighted by Crippen LogP contribution is -2.33. The van der Waals surface area contributed by atoms with Gasteiger partial charge in [-0.2, -0.15) is 0 Å². The van der Waals surface area contributed by atoms with Crippen molar-refractivity contribution in [1.82, 2.24) is 10.6 Å². The van der Waals surface area contributed by atoms with Gasteiger partial charge in [0.05, 0.1) is 7.11 Å². The van der Waals surface area contributed by atoms with Gasteiger partial charge in [0.1, 0.15) is 5.60 Å². The predicted molar refractivity (Wildman–Crippen MR) is 105 cm³/mol. The number of hydrogen-bond donors (Lipinski definition) is 2. The molecule has 0 spiro atoms. The van der Waals surface area contributed by atoms with Gasteiger partial charge < -0.3 is 20.1 Å². The number of unbranched alkanes of at least 4 members (excludes halogenated alkanes) is 6. The van der Waals surface area contributed by atoms with Crippen LogP contribution < -0.4 is 10.6 Å². The molecule has 0 unspecified atom stereocenters. The number of carbonyl (C=O) groups excluding carboxylic acids is 3. The van der Waals surface area contributed by atoms with E-state index in [9.17, 15) is 14.4 Å². The van der Waals surface area contributed by atoms with E-state index in [1.165, 1.54) is 7.11 Å². The van der Waals surface area contributed by atoms with Crippen LogP contribution in [0.1, 0.15) is 85.0 Å². The summed E-state index contributed by atoms with van der Waals surface area (Å²) in [6.07, 6.45) is 8.05. The first-order chi connectivity index (χ1) is 12.7. The molecule has 0 aliphatic rings. The monoisotopic (exact) mass is 386 g/mol. The zero-order valence-electron chi connectivity index (χ0n) is 17.5. The first-order valence-corrected chi connectivity index (χ1v) is 10.0. The van der Waals surface area contributed by atoms with Gasteiger partial charge in [-0.15, -0.1) is 0 Å². The van der Waals surface area contributed by atoms with Crippen LogP contribution in [0.4, 0.5) is 4.79 Å². The zero-order chi connectivity index (χ0) is 20.5. The minimum absolute atomic E-state index is 0.0922. The van der Waals surface area contributed by atoms with Gasteiger partial charge in [-0.3, -0.25) is 9.59 Å². The highest BCUT2D eigenvalue weighted by atomic mass is 16.6. The molecule has 0 aromatic carbocycles. The molecular formula is C20H38N2O5. The Bertz CT molecular complexity index is 433. The predicted octanol–water partition coefficient (Wildman–Crippen LogP) is 3.70. The molecule has 7 nitrogen and oxygen atoms in total. The van der Waals surface area contributed by atoms with Crippen molar-refractivity contribution in [2.75, 3.05) is 20.2 Å². The van der Waals surface area contributed by atoms with E-state index in [1.807, 2.05) is 20.8 Å². The standard InChI is InChI=1S/C20H38N2O5/c1-20(2,3)27-19(25)22-16-12-8-7-11-15-21-17(23)13-9-5-6-10-14-18(24)26-4/h5-16H2,1-4H3,(H,21,23)(H,22,25). The molecular weight excluding hydrogens is 348 g/mol. The van der Waals surface area contributed by atoms with Crippen LogP contribution in [0, 0.1) is 0 Å². The summed E-state index contributed by atoms with van der Waals surface area (Å²) in [6, 6.07) is 0. The second kappa shape index (κ2) is 15.3. The van der Waals surface area contributed by atoms with E-state index in [0.717, 1.165) is 51.4 Å². The highest BCUT2D eigenvalue weighted by molar-refractivity contribution is 5.75. The van der Waals surface area contributed by atoms with Gasteiger partial charge in [0.2, 0.25) is 5.91 Å². The minimum atomic E-state index is -0.467. The molecule has 27 heavy (non-hydrogen) atoms. The van der Waals surface area contributed by atoms with Crippen LogP contribution in [-0.4, -0.2) is 43.8 Å². The Morgan fingerprint density at radius 3 is 1.81 bits per heavy atom. The van der Waals surface area contributed by atoms with Crippen LogP contribution >= 0.6 is 0 Å². The van der Waals surface area contributed by atoms with E-state index >= 15 is 0 Å². The molecule has 0 aromatic heterocycles. The summed E-state index contributed by atoms with van der Waals surface area (Å²) in [7, 11) is 1.40. The molecule has 2 amide bonds. The fourth-order valence-electron chi connectivity index (χ4n) is 2.43. The minimum Gasteiger partial charge on any atom is -0.469 e. The zero-order valence-corrected chi connectivity index (χ0v) is 17.5. The molecule has 7 heteroatoms. The number of nitrogens with one attached hydrogen (secondary N) is 2. The summed E-state index contributed by atoms with van der Waals surface area (Å²) in [6.45, 7) is 6.82. The lowest BCUT2D eigenvalue weighted by atomic mass is 10.1. The summed E-state index contributed by atoms with van der Waals surface area (Å²) in [5, 5.41) is 5.67. The Balaban J connectivity index is 3.36. The van der Waals surface area contributed by atoms with Gasteiger partial charge in [-0.05, 0) is 46.5 Å². The number of rotatable bonds is 14. The summed E-state index contributed by atoms with van der Waals surface area (Å²) < 4.78 is 9.74. The highest BCUT2D eigenvalue weighted by Gasteiger charge is 2.15. The first kappa shape index (κ1) is 25.2. The van der Waals surface area contributed by atoms with E-state index in [4.69, 9.17) is 4.74 Å². The molecule has 2 N–H and O–H groups in total. The topological polar surface area (TPSA) is 93.7 Å². The molecule has 0 atom stereocenters. The van der Waals surface area contributed by atoms with Gasteiger partial charge >= 0.3 is 12.1 Å². The lowest BCUT2D eigenvalue weighted by Gasteiger charge is -2.19. The molecule has 0 saturated heterocycles. The molecule has 0 aromatic rings. The maximum atomic E-state index is 11.7. The average molecular weight is 387 g/mol. The third-order valence-electron chi connectivity index (χ3n) is 3.86. The maximum Gasteiger partial charge on any atom is 0.407 e. The van der Waals surface area contributed by atoms with Crippen LogP contribution in [0.2, 0.25) is 0 Å². The molecule has 0 aliphatic heterocycles. The van der Waals surface area contributed by atoms with Gasteiger partial charge in [-0.1, -0.05) is 25.7 Å². The van der Waals surface area contributed by atoms with Crippen LogP contribution in [0.15, 0.2) is 0 Å². The Kier molecular flexibility index (Phi) is 14.3. The van der Waals surface area contributed by atoms with Crippen molar-refractivity contribution in [3.63, 3.8) is 0 Å². The summed E-state index contributed by atoms with van der Waals surface area (Å²) >= 11 is 0. The molecule has 0 radical (unpaired) electrons. The fourth-order valence-corrected chi connectivity index (χ4v) is 2.43. The number of hydrogen-bond acceptors (Lipinski definition) is 5. The summed E-state index contributed by atoms with van der Waals surface area (Å²) in [4.78, 5) is 34.1. The quantitative estimate of drug-likeness (QED) is 0.351.